The second-order valence-corrected chi connectivity index (χ2v) is 4.41. The molecule has 0 aliphatic rings. The molecule has 1 heterocycles. The number of carboxylic acids is 1. The lowest BCUT2D eigenvalue weighted by Crippen LogP contribution is -2.28. The van der Waals surface area contributed by atoms with Gasteiger partial charge in [-0.2, -0.15) is 0 Å². The van der Waals surface area contributed by atoms with Crippen molar-refractivity contribution in [1.82, 2.24) is 9.55 Å². The van der Waals surface area contributed by atoms with Gasteiger partial charge in [0.05, 0.1) is 6.10 Å². The van der Waals surface area contributed by atoms with Crippen molar-refractivity contribution in [3.8, 4) is 0 Å². The minimum atomic E-state index is -1.11. The minimum Gasteiger partial charge on any atom is -0.480 e. The number of benzene rings is 1. The van der Waals surface area contributed by atoms with Crippen LogP contribution in [-0.4, -0.2) is 32.3 Å². The highest BCUT2D eigenvalue weighted by Crippen LogP contribution is 2.11. The molecule has 1 aromatic heterocycles. The molecular formula is C14H15N3O4. The number of rotatable bonds is 6. The topological polar surface area (TPSA) is 104 Å². The highest BCUT2D eigenvalue weighted by molar-refractivity contribution is 5.66. The molecule has 7 nitrogen and oxygen atoms in total. The summed E-state index contributed by atoms with van der Waals surface area (Å²) in [5.41, 5.74) is 0.173. The van der Waals surface area contributed by atoms with Gasteiger partial charge in [0.1, 0.15) is 6.54 Å². The fraction of sp³-hybridized carbons (Fsp3) is 0.214. The van der Waals surface area contributed by atoms with Crippen molar-refractivity contribution in [2.75, 3.05) is 11.9 Å². The Bertz CT molecular complexity index is 669. The maximum Gasteiger partial charge on any atom is 0.323 e. The van der Waals surface area contributed by atoms with E-state index in [2.05, 4.69) is 10.3 Å². The van der Waals surface area contributed by atoms with Gasteiger partial charge in [0.25, 0.3) is 5.56 Å². The fourth-order valence-electron chi connectivity index (χ4n) is 1.83. The normalized spacial score (nSPS) is 11.9. The van der Waals surface area contributed by atoms with Crippen LogP contribution in [0.15, 0.2) is 47.5 Å². The summed E-state index contributed by atoms with van der Waals surface area (Å²) in [4.78, 5) is 26.5. The second-order valence-electron chi connectivity index (χ2n) is 4.41. The molecule has 0 unspecified atom stereocenters. The molecule has 0 aliphatic heterocycles. The summed E-state index contributed by atoms with van der Waals surface area (Å²) < 4.78 is 1.03. The lowest BCUT2D eigenvalue weighted by Gasteiger charge is -2.12. The number of carbonyl (C=O) groups is 1. The molecule has 21 heavy (non-hydrogen) atoms. The summed E-state index contributed by atoms with van der Waals surface area (Å²) in [7, 11) is 0. The molecule has 1 aromatic carbocycles. The first-order valence-corrected chi connectivity index (χ1v) is 6.32. The summed E-state index contributed by atoms with van der Waals surface area (Å²) in [5, 5.41) is 21.4. The van der Waals surface area contributed by atoms with Crippen molar-refractivity contribution in [1.29, 1.82) is 0 Å². The van der Waals surface area contributed by atoms with Crippen molar-refractivity contribution in [2.24, 2.45) is 0 Å². The molecule has 0 saturated carbocycles. The van der Waals surface area contributed by atoms with E-state index >= 15 is 0 Å². The van der Waals surface area contributed by atoms with Gasteiger partial charge in [-0.15, -0.1) is 0 Å². The van der Waals surface area contributed by atoms with Crippen LogP contribution in [0.2, 0.25) is 0 Å². The van der Waals surface area contributed by atoms with Crippen LogP contribution < -0.4 is 10.9 Å². The van der Waals surface area contributed by atoms with Gasteiger partial charge >= 0.3 is 5.97 Å². The Labute approximate surface area is 120 Å². The average molecular weight is 289 g/mol. The number of nitrogens with zero attached hydrogens (tertiary/aromatic N) is 2. The summed E-state index contributed by atoms with van der Waals surface area (Å²) >= 11 is 0. The van der Waals surface area contributed by atoms with E-state index in [9.17, 15) is 14.7 Å². The maximum atomic E-state index is 11.9. The molecule has 7 heteroatoms. The third kappa shape index (κ3) is 3.90. The molecule has 3 N–H and O–H groups in total. The van der Waals surface area contributed by atoms with E-state index in [-0.39, 0.29) is 12.4 Å². The van der Waals surface area contributed by atoms with Crippen LogP contribution in [0.1, 0.15) is 11.7 Å². The summed E-state index contributed by atoms with van der Waals surface area (Å²) in [6.45, 7) is -0.333. The first-order valence-electron chi connectivity index (χ1n) is 6.32. The zero-order valence-corrected chi connectivity index (χ0v) is 11.1. The van der Waals surface area contributed by atoms with E-state index in [4.69, 9.17) is 5.11 Å². The molecule has 0 amide bonds. The third-order valence-electron chi connectivity index (χ3n) is 2.87. The van der Waals surface area contributed by atoms with Crippen LogP contribution >= 0.6 is 0 Å². The first-order chi connectivity index (χ1) is 10.1. The van der Waals surface area contributed by atoms with Gasteiger partial charge in [-0.3, -0.25) is 14.2 Å². The van der Waals surface area contributed by atoms with Gasteiger partial charge in [0, 0.05) is 18.9 Å². The fourth-order valence-corrected chi connectivity index (χ4v) is 1.83. The molecule has 0 spiro atoms. The third-order valence-corrected chi connectivity index (χ3v) is 2.87. The predicted molar refractivity (Wildman–Crippen MR) is 76.0 cm³/mol. The highest BCUT2D eigenvalue weighted by atomic mass is 16.4. The minimum absolute atomic E-state index is 0.00808. The number of carboxylic acid groups (broad SMARTS) is 1. The monoisotopic (exact) mass is 289 g/mol. The molecule has 0 fully saturated rings. The maximum absolute atomic E-state index is 11.9. The predicted octanol–water partition coefficient (Wildman–Crippen LogP) is 0.473. The van der Waals surface area contributed by atoms with E-state index in [1.807, 2.05) is 6.07 Å². The largest absolute Gasteiger partial charge is 0.480 e. The smallest absolute Gasteiger partial charge is 0.323 e. The molecule has 0 bridgehead atoms. The van der Waals surface area contributed by atoms with E-state index in [1.165, 1.54) is 12.4 Å². The Balaban J connectivity index is 2.07. The van der Waals surface area contributed by atoms with Gasteiger partial charge in [0.15, 0.2) is 5.82 Å². The van der Waals surface area contributed by atoms with E-state index in [0.29, 0.717) is 5.56 Å². The van der Waals surface area contributed by atoms with E-state index in [1.54, 1.807) is 24.3 Å². The van der Waals surface area contributed by atoms with Gasteiger partial charge in [0.2, 0.25) is 0 Å². The number of aliphatic hydroxyl groups is 1. The Morgan fingerprint density at radius 1 is 1.33 bits per heavy atom. The van der Waals surface area contributed by atoms with Crippen LogP contribution in [0.4, 0.5) is 5.82 Å². The van der Waals surface area contributed by atoms with Crippen LogP contribution in [0.3, 0.4) is 0 Å². The number of aromatic nitrogens is 2. The van der Waals surface area contributed by atoms with Crippen molar-refractivity contribution in [2.45, 2.75) is 12.6 Å². The van der Waals surface area contributed by atoms with Crippen LogP contribution in [-0.2, 0) is 11.3 Å². The van der Waals surface area contributed by atoms with Crippen molar-refractivity contribution in [3.05, 3.63) is 58.6 Å². The number of aliphatic hydroxyl groups excluding tert-OH is 1. The molecule has 0 radical (unpaired) electrons. The van der Waals surface area contributed by atoms with Gasteiger partial charge < -0.3 is 15.5 Å². The Morgan fingerprint density at radius 3 is 2.71 bits per heavy atom. The van der Waals surface area contributed by atoms with E-state index in [0.717, 1.165) is 4.57 Å². The van der Waals surface area contributed by atoms with Gasteiger partial charge in [-0.05, 0) is 5.56 Å². The Kier molecular flexibility index (Phi) is 4.68. The molecule has 110 valence electrons. The standard InChI is InChI=1S/C14H15N3O4/c18-11(10-4-2-1-3-5-10)8-16-13-14(21)17(7-6-15-13)9-12(19)20/h1-7,11,18H,8-9H2,(H,15,16)(H,19,20)/t11-/m1/s1. The first kappa shape index (κ1) is 14.7. The molecule has 0 saturated heterocycles. The zero-order chi connectivity index (χ0) is 15.2. The lowest BCUT2D eigenvalue weighted by atomic mass is 10.1. The van der Waals surface area contributed by atoms with Crippen molar-refractivity contribution >= 4 is 11.8 Å². The summed E-state index contributed by atoms with van der Waals surface area (Å²) in [6, 6.07) is 8.99. The van der Waals surface area contributed by atoms with Gasteiger partial charge in [-0.1, -0.05) is 30.3 Å². The Hall–Kier alpha value is -2.67. The molecule has 0 aliphatic carbocycles. The van der Waals surface area contributed by atoms with Crippen LogP contribution in [0, 0.1) is 0 Å². The molecule has 2 rings (SSSR count). The van der Waals surface area contributed by atoms with Crippen molar-refractivity contribution < 1.29 is 15.0 Å². The van der Waals surface area contributed by atoms with Crippen LogP contribution in [0.25, 0.3) is 0 Å². The Morgan fingerprint density at radius 2 is 2.05 bits per heavy atom. The SMILES string of the molecule is O=C(O)Cn1ccnc(NC[C@@H](O)c2ccccc2)c1=O. The molecular weight excluding hydrogens is 274 g/mol. The number of hydrogen-bond donors (Lipinski definition) is 3. The molecule has 2 aromatic rings. The van der Waals surface area contributed by atoms with Crippen LogP contribution in [0.5, 0.6) is 0 Å². The summed E-state index contributed by atoms with van der Waals surface area (Å²) in [6.07, 6.45) is 1.84. The summed E-state index contributed by atoms with van der Waals surface area (Å²) in [5.74, 6) is -1.10. The quantitative estimate of drug-likeness (QED) is 0.714. The number of nitrogens with one attached hydrogen (secondary N) is 1. The van der Waals surface area contributed by atoms with Crippen molar-refractivity contribution in [3.63, 3.8) is 0 Å². The number of aliphatic carboxylic acids is 1. The zero-order valence-electron chi connectivity index (χ0n) is 11.1. The number of hydrogen-bond acceptors (Lipinski definition) is 5. The number of anilines is 1. The van der Waals surface area contributed by atoms with Gasteiger partial charge in [-0.25, -0.2) is 4.98 Å². The lowest BCUT2D eigenvalue weighted by molar-refractivity contribution is -0.137. The average Bonchev–Trinajstić information content (AvgIpc) is 2.48. The highest BCUT2D eigenvalue weighted by Gasteiger charge is 2.10. The molecule has 1 atom stereocenters. The van der Waals surface area contributed by atoms with E-state index < -0.39 is 24.2 Å². The second kappa shape index (κ2) is 6.67.